The lowest BCUT2D eigenvalue weighted by Gasteiger charge is -2.46. The first kappa shape index (κ1) is 13.3. The Bertz CT molecular complexity index is 587. The number of carbonyl (C=O) groups excluding carboxylic acids is 1. The Kier molecular flexibility index (Phi) is 2.72. The molecule has 0 unspecified atom stereocenters. The molecule has 6 heteroatoms. The van der Waals surface area contributed by atoms with E-state index in [2.05, 4.69) is 10.2 Å². The van der Waals surface area contributed by atoms with Crippen molar-refractivity contribution < 1.29 is 14.6 Å². The highest BCUT2D eigenvalue weighted by molar-refractivity contribution is 5.94. The predicted molar refractivity (Wildman–Crippen MR) is 74.8 cm³/mol. The summed E-state index contributed by atoms with van der Waals surface area (Å²) in [6.45, 7) is 4.87. The molecule has 2 aliphatic heterocycles. The Balaban J connectivity index is 1.54. The van der Waals surface area contributed by atoms with Crippen LogP contribution in [0.25, 0.3) is 0 Å². The lowest BCUT2D eigenvalue weighted by atomic mass is 9.88. The molecule has 1 aromatic heterocycles. The molecule has 4 rings (SSSR count). The summed E-state index contributed by atoms with van der Waals surface area (Å²) in [4.78, 5) is 14.3. The number of nitrogens with zero attached hydrogens (tertiary/aromatic N) is 2. The number of likely N-dealkylation sites (tertiary alicyclic amines) is 1. The third-order valence-corrected chi connectivity index (χ3v) is 4.99. The first-order chi connectivity index (χ1) is 9.98. The quantitative estimate of drug-likeness (QED) is 0.853. The molecule has 0 bridgehead atoms. The molecule has 114 valence electrons. The minimum Gasteiger partial charge on any atom is -0.386 e. The molecule has 1 aliphatic carbocycles. The Morgan fingerprint density at radius 2 is 2.14 bits per heavy atom. The number of β-amino-alcohol motifs (C(OH)–C–C–N with tert-alkyl or cyclic N) is 1. The standard InChI is InChI=1S/C15H21N3O3/c1-8-5-11-12(9(2)21-8)16-17-13(11)14(19)18-6-15(20,7-18)10-3-4-10/h8-10,20H,3-7H2,1-2H3,(H,16,17)/t8-,9+/m1/s1. The highest BCUT2D eigenvalue weighted by Gasteiger charge is 2.53. The molecule has 3 aliphatic rings. The number of hydrogen-bond acceptors (Lipinski definition) is 4. The highest BCUT2D eigenvalue weighted by Crippen LogP contribution is 2.45. The number of carbonyl (C=O) groups is 1. The van der Waals surface area contributed by atoms with E-state index in [0.29, 0.717) is 31.1 Å². The minimum atomic E-state index is -0.643. The summed E-state index contributed by atoms with van der Waals surface area (Å²) >= 11 is 0. The minimum absolute atomic E-state index is 0.0578. The highest BCUT2D eigenvalue weighted by atomic mass is 16.5. The van der Waals surface area contributed by atoms with Crippen LogP contribution < -0.4 is 0 Å². The van der Waals surface area contributed by atoms with Crippen molar-refractivity contribution in [2.24, 2.45) is 5.92 Å². The van der Waals surface area contributed by atoms with Crippen LogP contribution >= 0.6 is 0 Å². The van der Waals surface area contributed by atoms with Crippen molar-refractivity contribution in [3.8, 4) is 0 Å². The number of aliphatic hydroxyl groups is 1. The van der Waals surface area contributed by atoms with Gasteiger partial charge in [-0.15, -0.1) is 0 Å². The molecule has 0 radical (unpaired) electrons. The third-order valence-electron chi connectivity index (χ3n) is 4.99. The molecule has 0 spiro atoms. The zero-order chi connectivity index (χ0) is 14.8. The maximum absolute atomic E-state index is 12.6. The monoisotopic (exact) mass is 291 g/mol. The average molecular weight is 291 g/mol. The van der Waals surface area contributed by atoms with Crippen LogP contribution in [0.2, 0.25) is 0 Å². The first-order valence-electron chi connectivity index (χ1n) is 7.72. The van der Waals surface area contributed by atoms with Crippen LogP contribution in [0.1, 0.15) is 54.5 Å². The lowest BCUT2D eigenvalue weighted by Crippen LogP contribution is -2.64. The molecule has 1 saturated heterocycles. The molecule has 21 heavy (non-hydrogen) atoms. The maximum Gasteiger partial charge on any atom is 0.274 e. The Hall–Kier alpha value is -1.40. The van der Waals surface area contributed by atoms with E-state index in [1.807, 2.05) is 13.8 Å². The number of fused-ring (bicyclic) bond motifs is 1. The van der Waals surface area contributed by atoms with E-state index in [4.69, 9.17) is 4.74 Å². The largest absolute Gasteiger partial charge is 0.386 e. The van der Waals surface area contributed by atoms with Crippen molar-refractivity contribution in [3.63, 3.8) is 0 Å². The molecular formula is C15H21N3O3. The van der Waals surface area contributed by atoms with Gasteiger partial charge in [0.05, 0.1) is 31.0 Å². The van der Waals surface area contributed by atoms with Gasteiger partial charge in [-0.05, 0) is 32.6 Å². The van der Waals surface area contributed by atoms with E-state index in [-0.39, 0.29) is 18.1 Å². The second-order valence-corrected chi connectivity index (χ2v) is 6.80. The van der Waals surface area contributed by atoms with E-state index in [1.54, 1.807) is 4.90 Å². The van der Waals surface area contributed by atoms with Gasteiger partial charge >= 0.3 is 0 Å². The fourth-order valence-corrected chi connectivity index (χ4v) is 3.64. The fourth-order valence-electron chi connectivity index (χ4n) is 3.64. The van der Waals surface area contributed by atoms with Gasteiger partial charge in [-0.25, -0.2) is 0 Å². The maximum atomic E-state index is 12.6. The van der Waals surface area contributed by atoms with Crippen molar-refractivity contribution in [1.29, 1.82) is 0 Å². The molecule has 2 atom stereocenters. The molecule has 2 N–H and O–H groups in total. The van der Waals surface area contributed by atoms with E-state index in [1.165, 1.54) is 0 Å². The number of hydrogen-bond donors (Lipinski definition) is 2. The first-order valence-corrected chi connectivity index (χ1v) is 7.72. The summed E-state index contributed by atoms with van der Waals surface area (Å²) in [7, 11) is 0. The van der Waals surface area contributed by atoms with Gasteiger partial charge in [0.15, 0.2) is 5.69 Å². The van der Waals surface area contributed by atoms with E-state index < -0.39 is 5.60 Å². The zero-order valence-corrected chi connectivity index (χ0v) is 12.4. The van der Waals surface area contributed by atoms with Gasteiger partial charge in [-0.1, -0.05) is 0 Å². The number of amides is 1. The summed E-state index contributed by atoms with van der Waals surface area (Å²) < 4.78 is 5.74. The molecule has 0 aromatic carbocycles. The number of aromatic nitrogens is 2. The van der Waals surface area contributed by atoms with E-state index in [9.17, 15) is 9.90 Å². The summed E-state index contributed by atoms with van der Waals surface area (Å²) in [6, 6.07) is 0. The molecule has 6 nitrogen and oxygen atoms in total. The number of nitrogens with one attached hydrogen (secondary N) is 1. The summed E-state index contributed by atoms with van der Waals surface area (Å²) in [5.41, 5.74) is 1.75. The van der Waals surface area contributed by atoms with Crippen LogP contribution in [0.4, 0.5) is 0 Å². The number of ether oxygens (including phenoxy) is 1. The van der Waals surface area contributed by atoms with E-state index >= 15 is 0 Å². The summed E-state index contributed by atoms with van der Waals surface area (Å²) in [6.07, 6.45) is 2.91. The van der Waals surface area contributed by atoms with Crippen molar-refractivity contribution >= 4 is 5.91 Å². The van der Waals surface area contributed by atoms with Crippen molar-refractivity contribution in [3.05, 3.63) is 17.0 Å². The van der Waals surface area contributed by atoms with Gasteiger partial charge in [-0.3, -0.25) is 9.89 Å². The fraction of sp³-hybridized carbons (Fsp3) is 0.733. The number of H-pyrrole nitrogens is 1. The molecular weight excluding hydrogens is 270 g/mol. The smallest absolute Gasteiger partial charge is 0.274 e. The average Bonchev–Trinajstić information content (AvgIpc) is 3.15. The Labute approximate surface area is 123 Å². The van der Waals surface area contributed by atoms with Gasteiger partial charge < -0.3 is 14.7 Å². The van der Waals surface area contributed by atoms with Crippen LogP contribution in [0, 0.1) is 5.92 Å². The van der Waals surface area contributed by atoms with Crippen LogP contribution in [-0.2, 0) is 11.2 Å². The van der Waals surface area contributed by atoms with Crippen molar-refractivity contribution in [2.45, 2.75) is 50.9 Å². The van der Waals surface area contributed by atoms with E-state index in [0.717, 1.165) is 24.1 Å². The number of aromatic amines is 1. The van der Waals surface area contributed by atoms with Crippen LogP contribution in [0.5, 0.6) is 0 Å². The van der Waals surface area contributed by atoms with Crippen LogP contribution in [0.3, 0.4) is 0 Å². The molecule has 3 heterocycles. The number of rotatable bonds is 2. The summed E-state index contributed by atoms with van der Waals surface area (Å²) in [5, 5.41) is 17.5. The summed E-state index contributed by atoms with van der Waals surface area (Å²) in [5.74, 6) is 0.321. The predicted octanol–water partition coefficient (Wildman–Crippen LogP) is 1.03. The second-order valence-electron chi connectivity index (χ2n) is 6.80. The Morgan fingerprint density at radius 1 is 1.43 bits per heavy atom. The zero-order valence-electron chi connectivity index (χ0n) is 12.4. The van der Waals surface area contributed by atoms with Gasteiger partial charge in [0.2, 0.25) is 0 Å². The second kappa shape index (κ2) is 4.30. The SMILES string of the molecule is C[C@@H]1Cc2c(C(=O)N3CC(O)(C4CC4)C3)n[nH]c2[C@H](C)O1. The lowest BCUT2D eigenvalue weighted by molar-refractivity contribution is -0.0960. The van der Waals surface area contributed by atoms with Gasteiger partial charge in [-0.2, -0.15) is 5.10 Å². The van der Waals surface area contributed by atoms with Gasteiger partial charge in [0.1, 0.15) is 5.60 Å². The van der Waals surface area contributed by atoms with Gasteiger partial charge in [0, 0.05) is 12.0 Å². The third kappa shape index (κ3) is 2.00. The van der Waals surface area contributed by atoms with Crippen LogP contribution in [-0.4, -0.2) is 50.9 Å². The van der Waals surface area contributed by atoms with Crippen molar-refractivity contribution in [1.82, 2.24) is 15.1 Å². The topological polar surface area (TPSA) is 78.5 Å². The normalized spacial score (nSPS) is 30.7. The van der Waals surface area contributed by atoms with Gasteiger partial charge in [0.25, 0.3) is 5.91 Å². The Morgan fingerprint density at radius 3 is 2.81 bits per heavy atom. The molecule has 1 amide bonds. The molecule has 1 saturated carbocycles. The molecule has 2 fully saturated rings. The van der Waals surface area contributed by atoms with Crippen LogP contribution in [0.15, 0.2) is 0 Å². The van der Waals surface area contributed by atoms with Crippen molar-refractivity contribution in [2.75, 3.05) is 13.1 Å². The molecule has 1 aromatic rings.